The summed E-state index contributed by atoms with van der Waals surface area (Å²) in [5, 5.41) is 5.37. The lowest BCUT2D eigenvalue weighted by atomic mass is 10.3. The molecule has 1 heterocycles. The van der Waals surface area contributed by atoms with E-state index >= 15 is 0 Å². The van der Waals surface area contributed by atoms with Crippen LogP contribution in [0, 0.1) is 0 Å². The number of hydrogen-bond donors (Lipinski definition) is 2. The Morgan fingerprint density at radius 1 is 1.41 bits per heavy atom. The Kier molecular flexibility index (Phi) is 5.21. The van der Waals surface area contributed by atoms with Gasteiger partial charge in [-0.2, -0.15) is 0 Å². The molecule has 1 rings (SSSR count). The summed E-state index contributed by atoms with van der Waals surface area (Å²) in [7, 11) is 1.80. The molecule has 0 aliphatic carbocycles. The number of carbonyl (C=O) groups excluding carboxylic acids is 2. The number of amides is 2. The molecule has 6 heteroatoms. The highest BCUT2D eigenvalue weighted by Gasteiger charge is 2.10. The summed E-state index contributed by atoms with van der Waals surface area (Å²) in [6.45, 7) is 2.81. The standard InChI is InChI=1S/C11H16BrN3O2/c1-3-13-10(16)4-5-14-11(17)9-6-8(12)7-15(9)2/h6-7H,3-5H2,1-2H3,(H,13,16)(H,14,17). The van der Waals surface area contributed by atoms with Gasteiger partial charge < -0.3 is 15.2 Å². The second kappa shape index (κ2) is 6.44. The van der Waals surface area contributed by atoms with Crippen LogP contribution in [0.15, 0.2) is 16.7 Å². The van der Waals surface area contributed by atoms with E-state index in [1.165, 1.54) is 0 Å². The van der Waals surface area contributed by atoms with Crippen molar-refractivity contribution >= 4 is 27.7 Å². The Labute approximate surface area is 109 Å². The van der Waals surface area contributed by atoms with Crippen molar-refractivity contribution in [1.29, 1.82) is 0 Å². The van der Waals surface area contributed by atoms with Crippen LogP contribution >= 0.6 is 15.9 Å². The number of halogens is 1. The van der Waals surface area contributed by atoms with Crippen LogP contribution < -0.4 is 10.6 Å². The molecule has 0 aliphatic rings. The molecule has 0 saturated heterocycles. The van der Waals surface area contributed by atoms with Crippen molar-refractivity contribution in [3.05, 3.63) is 22.4 Å². The fourth-order valence-corrected chi connectivity index (χ4v) is 1.94. The summed E-state index contributed by atoms with van der Waals surface area (Å²) in [6.07, 6.45) is 2.10. The van der Waals surface area contributed by atoms with Crippen LogP contribution in [-0.4, -0.2) is 29.5 Å². The monoisotopic (exact) mass is 301 g/mol. The topological polar surface area (TPSA) is 63.1 Å². The molecule has 0 bridgehead atoms. The lowest BCUT2D eigenvalue weighted by Gasteiger charge is -2.05. The van der Waals surface area contributed by atoms with Gasteiger partial charge in [0.1, 0.15) is 5.69 Å². The molecule has 0 saturated carbocycles. The van der Waals surface area contributed by atoms with E-state index in [2.05, 4.69) is 26.6 Å². The van der Waals surface area contributed by atoms with Gasteiger partial charge in [0.25, 0.3) is 5.91 Å². The highest BCUT2D eigenvalue weighted by molar-refractivity contribution is 9.10. The van der Waals surface area contributed by atoms with Gasteiger partial charge >= 0.3 is 0 Å². The molecule has 1 aromatic heterocycles. The molecule has 0 spiro atoms. The van der Waals surface area contributed by atoms with E-state index < -0.39 is 0 Å². The van der Waals surface area contributed by atoms with Gasteiger partial charge in [0.05, 0.1) is 0 Å². The smallest absolute Gasteiger partial charge is 0.267 e. The maximum absolute atomic E-state index is 11.7. The number of hydrogen-bond acceptors (Lipinski definition) is 2. The molecule has 0 aliphatic heterocycles. The van der Waals surface area contributed by atoms with Crippen LogP contribution in [0.2, 0.25) is 0 Å². The van der Waals surface area contributed by atoms with E-state index in [0.29, 0.717) is 25.2 Å². The highest BCUT2D eigenvalue weighted by Crippen LogP contribution is 2.13. The van der Waals surface area contributed by atoms with Crippen molar-refractivity contribution in [1.82, 2.24) is 15.2 Å². The third-order valence-corrected chi connectivity index (χ3v) is 2.65. The van der Waals surface area contributed by atoms with Crippen molar-refractivity contribution in [2.75, 3.05) is 13.1 Å². The maximum atomic E-state index is 11.7. The van der Waals surface area contributed by atoms with Crippen LogP contribution in [0.25, 0.3) is 0 Å². The van der Waals surface area contributed by atoms with E-state index in [1.807, 2.05) is 6.92 Å². The zero-order valence-electron chi connectivity index (χ0n) is 9.92. The van der Waals surface area contributed by atoms with Crippen LogP contribution in [-0.2, 0) is 11.8 Å². The molecule has 94 valence electrons. The summed E-state index contributed by atoms with van der Waals surface area (Å²) in [6, 6.07) is 1.74. The van der Waals surface area contributed by atoms with Gasteiger partial charge in [0.2, 0.25) is 5.91 Å². The molecule has 5 nitrogen and oxygen atoms in total. The lowest BCUT2D eigenvalue weighted by molar-refractivity contribution is -0.120. The van der Waals surface area contributed by atoms with Gasteiger partial charge in [-0.25, -0.2) is 0 Å². The summed E-state index contributed by atoms with van der Waals surface area (Å²) in [5.41, 5.74) is 0.563. The largest absolute Gasteiger partial charge is 0.356 e. The van der Waals surface area contributed by atoms with Gasteiger partial charge in [-0.05, 0) is 28.9 Å². The summed E-state index contributed by atoms with van der Waals surface area (Å²) in [4.78, 5) is 22.9. The van der Waals surface area contributed by atoms with E-state index in [4.69, 9.17) is 0 Å². The van der Waals surface area contributed by atoms with E-state index in [9.17, 15) is 9.59 Å². The molecular formula is C11H16BrN3O2. The van der Waals surface area contributed by atoms with Crippen LogP contribution in [0.3, 0.4) is 0 Å². The van der Waals surface area contributed by atoms with Crippen LogP contribution in [0.1, 0.15) is 23.8 Å². The molecular weight excluding hydrogens is 286 g/mol. The molecule has 0 fully saturated rings. The Morgan fingerprint density at radius 2 is 2.12 bits per heavy atom. The molecule has 0 unspecified atom stereocenters. The van der Waals surface area contributed by atoms with E-state index in [1.54, 1.807) is 23.9 Å². The minimum atomic E-state index is -0.178. The Balaban J connectivity index is 2.40. The third kappa shape index (κ3) is 4.22. The SMILES string of the molecule is CCNC(=O)CCNC(=O)c1cc(Br)cn1C. The minimum absolute atomic E-state index is 0.0548. The van der Waals surface area contributed by atoms with Crippen molar-refractivity contribution in [2.24, 2.45) is 7.05 Å². The van der Waals surface area contributed by atoms with Gasteiger partial charge in [-0.1, -0.05) is 0 Å². The normalized spacial score (nSPS) is 10.1. The average molecular weight is 302 g/mol. The molecule has 2 amide bonds. The van der Waals surface area contributed by atoms with Crippen molar-refractivity contribution < 1.29 is 9.59 Å². The fourth-order valence-electron chi connectivity index (χ4n) is 1.42. The average Bonchev–Trinajstić information content (AvgIpc) is 2.58. The van der Waals surface area contributed by atoms with Gasteiger partial charge in [0.15, 0.2) is 0 Å². The Bertz CT molecular complexity index is 415. The predicted octanol–water partition coefficient (Wildman–Crippen LogP) is 1.04. The van der Waals surface area contributed by atoms with Crippen molar-refractivity contribution in [3.63, 3.8) is 0 Å². The first-order chi connectivity index (χ1) is 8.04. The van der Waals surface area contributed by atoms with Gasteiger partial charge in [-0.3, -0.25) is 9.59 Å². The van der Waals surface area contributed by atoms with Gasteiger partial charge in [-0.15, -0.1) is 0 Å². The molecule has 1 aromatic rings. The minimum Gasteiger partial charge on any atom is -0.356 e. The second-order valence-electron chi connectivity index (χ2n) is 3.61. The van der Waals surface area contributed by atoms with Crippen LogP contribution in [0.4, 0.5) is 0 Å². The van der Waals surface area contributed by atoms with Crippen LogP contribution in [0.5, 0.6) is 0 Å². The first-order valence-corrected chi connectivity index (χ1v) is 6.20. The summed E-state index contributed by atoms with van der Waals surface area (Å²) in [5.74, 6) is -0.233. The number of carbonyl (C=O) groups is 2. The summed E-state index contributed by atoms with van der Waals surface area (Å²) >= 11 is 3.30. The predicted molar refractivity (Wildman–Crippen MR) is 68.7 cm³/mol. The van der Waals surface area contributed by atoms with E-state index in [-0.39, 0.29) is 11.8 Å². The Morgan fingerprint density at radius 3 is 2.65 bits per heavy atom. The van der Waals surface area contributed by atoms with Gasteiger partial charge in [0, 0.05) is 37.2 Å². The quantitative estimate of drug-likeness (QED) is 0.854. The molecule has 2 N–H and O–H groups in total. The summed E-state index contributed by atoms with van der Waals surface area (Å²) < 4.78 is 2.58. The van der Waals surface area contributed by atoms with E-state index in [0.717, 1.165) is 4.47 Å². The first-order valence-electron chi connectivity index (χ1n) is 5.41. The Hall–Kier alpha value is -1.30. The number of aromatic nitrogens is 1. The zero-order chi connectivity index (χ0) is 12.8. The molecule has 17 heavy (non-hydrogen) atoms. The zero-order valence-corrected chi connectivity index (χ0v) is 11.5. The second-order valence-corrected chi connectivity index (χ2v) is 4.53. The third-order valence-electron chi connectivity index (χ3n) is 2.22. The molecule has 0 aromatic carbocycles. The lowest BCUT2D eigenvalue weighted by Crippen LogP contribution is -2.31. The first kappa shape index (κ1) is 13.8. The number of nitrogens with one attached hydrogen (secondary N) is 2. The van der Waals surface area contributed by atoms with Crippen molar-refractivity contribution in [2.45, 2.75) is 13.3 Å². The molecule has 0 radical (unpaired) electrons. The molecule has 0 atom stereocenters. The number of rotatable bonds is 5. The van der Waals surface area contributed by atoms with Crippen molar-refractivity contribution in [3.8, 4) is 0 Å². The number of nitrogens with zero attached hydrogens (tertiary/aromatic N) is 1. The maximum Gasteiger partial charge on any atom is 0.267 e. The number of aryl methyl sites for hydroxylation is 1. The highest BCUT2D eigenvalue weighted by atomic mass is 79.9. The fraction of sp³-hybridized carbons (Fsp3) is 0.455.